The molecule has 1 atom stereocenters. The van der Waals surface area contributed by atoms with Gasteiger partial charge in [-0.3, -0.25) is 24.6 Å². The Morgan fingerprint density at radius 3 is 2.05 bits per heavy atom. The number of nitrogens with zero attached hydrogens (tertiary/aromatic N) is 2. The van der Waals surface area contributed by atoms with Crippen LogP contribution < -0.4 is 15.1 Å². The largest absolute Gasteiger partial charge is 0.497 e. The minimum Gasteiger partial charge on any atom is -0.497 e. The van der Waals surface area contributed by atoms with Crippen LogP contribution in [0.1, 0.15) is 53.5 Å². The first-order valence-corrected chi connectivity index (χ1v) is 11.9. The van der Waals surface area contributed by atoms with Crippen molar-refractivity contribution in [3.05, 3.63) is 95.6 Å². The number of anilines is 1. The van der Waals surface area contributed by atoms with E-state index in [1.165, 1.54) is 7.11 Å². The predicted molar refractivity (Wildman–Crippen MR) is 139 cm³/mol. The lowest BCUT2D eigenvalue weighted by atomic mass is 9.86. The van der Waals surface area contributed by atoms with Gasteiger partial charge in [-0.15, -0.1) is 0 Å². The molecule has 0 saturated carbocycles. The molecule has 3 aromatic rings. The summed E-state index contributed by atoms with van der Waals surface area (Å²) in [4.78, 5) is 54.1. The van der Waals surface area contributed by atoms with Gasteiger partial charge in [0.25, 0.3) is 17.7 Å². The highest BCUT2D eigenvalue weighted by Crippen LogP contribution is 2.27. The van der Waals surface area contributed by atoms with Crippen LogP contribution in [0, 0.1) is 0 Å². The lowest BCUT2D eigenvalue weighted by molar-refractivity contribution is -0.122. The number of rotatable bonds is 5. The smallest absolute Gasteiger partial charge is 0.273 e. The zero-order valence-corrected chi connectivity index (χ0v) is 21.2. The van der Waals surface area contributed by atoms with E-state index in [9.17, 15) is 19.2 Å². The summed E-state index contributed by atoms with van der Waals surface area (Å²) in [5.41, 5.74) is 4.44. The molecule has 0 bridgehead atoms. The van der Waals surface area contributed by atoms with Gasteiger partial charge in [0.1, 0.15) is 11.8 Å². The monoisotopic (exact) mass is 499 g/mol. The summed E-state index contributed by atoms with van der Waals surface area (Å²) in [6, 6.07) is 20.6. The molecule has 8 heteroatoms. The molecule has 4 rings (SSSR count). The summed E-state index contributed by atoms with van der Waals surface area (Å²) >= 11 is 0. The molecule has 0 radical (unpaired) electrons. The van der Waals surface area contributed by atoms with Crippen LogP contribution in [0.25, 0.3) is 0 Å². The topological polar surface area (TPSA) is 96.0 Å². The zero-order chi connectivity index (χ0) is 26.7. The van der Waals surface area contributed by atoms with Crippen molar-refractivity contribution in [2.75, 3.05) is 12.0 Å². The molecule has 1 aliphatic heterocycles. The number of hydrazine groups is 1. The third kappa shape index (κ3) is 5.38. The van der Waals surface area contributed by atoms with Crippen LogP contribution in [0.3, 0.4) is 0 Å². The molecule has 37 heavy (non-hydrogen) atoms. The SMILES string of the molecule is COc1ccc(C(=O)NN(C(=O)c2ccc(C(C)(C)C)cc2)C2CC(=O)N(c3ccccc3)C2=O)cc1. The maximum atomic E-state index is 13.7. The number of amides is 4. The lowest BCUT2D eigenvalue weighted by Crippen LogP contribution is -2.54. The maximum Gasteiger partial charge on any atom is 0.273 e. The first-order valence-electron chi connectivity index (χ1n) is 11.9. The average Bonchev–Trinajstić information content (AvgIpc) is 3.20. The maximum absolute atomic E-state index is 13.7. The molecule has 0 aliphatic carbocycles. The van der Waals surface area contributed by atoms with Gasteiger partial charge in [0.2, 0.25) is 5.91 Å². The highest BCUT2D eigenvalue weighted by molar-refractivity contribution is 6.23. The van der Waals surface area contributed by atoms with Gasteiger partial charge >= 0.3 is 0 Å². The van der Waals surface area contributed by atoms with Gasteiger partial charge in [0, 0.05) is 11.1 Å². The van der Waals surface area contributed by atoms with Crippen molar-refractivity contribution >= 4 is 29.3 Å². The van der Waals surface area contributed by atoms with Crippen molar-refractivity contribution in [1.82, 2.24) is 10.4 Å². The summed E-state index contributed by atoms with van der Waals surface area (Å²) in [5.74, 6) is -1.67. The van der Waals surface area contributed by atoms with E-state index in [1.807, 2.05) is 12.1 Å². The standard InChI is InChI=1S/C29H29N3O5/c1-29(2,3)21-14-10-20(11-15-21)27(35)32(30-26(34)19-12-16-23(37-4)17-13-19)24-18-25(33)31(28(24)36)22-8-6-5-7-9-22/h5-17,24H,18H2,1-4H3,(H,30,34). The molecule has 190 valence electrons. The van der Waals surface area contributed by atoms with E-state index in [4.69, 9.17) is 4.74 Å². The Balaban J connectivity index is 1.67. The number of para-hydroxylation sites is 1. The van der Waals surface area contributed by atoms with Crippen molar-refractivity contribution in [2.24, 2.45) is 0 Å². The normalized spacial score (nSPS) is 15.5. The molecule has 0 aromatic heterocycles. The molecule has 1 aliphatic rings. The van der Waals surface area contributed by atoms with Crippen LogP contribution in [0.4, 0.5) is 5.69 Å². The van der Waals surface area contributed by atoms with Crippen molar-refractivity contribution in [1.29, 1.82) is 0 Å². The fourth-order valence-corrected chi connectivity index (χ4v) is 4.10. The summed E-state index contributed by atoms with van der Waals surface area (Å²) < 4.78 is 5.14. The summed E-state index contributed by atoms with van der Waals surface area (Å²) in [6.45, 7) is 6.19. The second kappa shape index (κ2) is 10.3. The molecule has 1 unspecified atom stereocenters. The number of nitrogens with one attached hydrogen (secondary N) is 1. The molecule has 1 fully saturated rings. The van der Waals surface area contributed by atoms with Crippen molar-refractivity contribution in [3.8, 4) is 5.75 Å². The third-order valence-corrected chi connectivity index (χ3v) is 6.24. The van der Waals surface area contributed by atoms with Gasteiger partial charge < -0.3 is 4.74 Å². The van der Waals surface area contributed by atoms with Gasteiger partial charge in [-0.1, -0.05) is 51.1 Å². The summed E-state index contributed by atoms with van der Waals surface area (Å²) in [7, 11) is 1.52. The Morgan fingerprint density at radius 2 is 1.49 bits per heavy atom. The Labute approximate surface area is 215 Å². The quantitative estimate of drug-likeness (QED) is 0.421. The van der Waals surface area contributed by atoms with Crippen LogP contribution in [-0.4, -0.2) is 41.8 Å². The van der Waals surface area contributed by atoms with Crippen LogP contribution in [0.2, 0.25) is 0 Å². The Morgan fingerprint density at radius 1 is 0.892 bits per heavy atom. The van der Waals surface area contributed by atoms with E-state index in [0.29, 0.717) is 11.4 Å². The molecule has 1 heterocycles. The Hall–Kier alpha value is -4.46. The molecule has 4 amide bonds. The summed E-state index contributed by atoms with van der Waals surface area (Å²) in [5, 5.41) is 0.974. The van der Waals surface area contributed by atoms with E-state index >= 15 is 0 Å². The second-order valence-electron chi connectivity index (χ2n) is 9.79. The van der Waals surface area contributed by atoms with Gasteiger partial charge in [0.05, 0.1) is 19.2 Å². The third-order valence-electron chi connectivity index (χ3n) is 6.24. The number of hydrogen-bond donors (Lipinski definition) is 1. The number of hydrogen-bond acceptors (Lipinski definition) is 5. The Bertz CT molecular complexity index is 1310. The molecular weight excluding hydrogens is 470 g/mol. The van der Waals surface area contributed by atoms with Gasteiger partial charge in [-0.25, -0.2) is 9.91 Å². The molecule has 3 aromatic carbocycles. The highest BCUT2D eigenvalue weighted by Gasteiger charge is 2.45. The molecule has 1 N–H and O–H groups in total. The first kappa shape index (κ1) is 25.6. The highest BCUT2D eigenvalue weighted by atomic mass is 16.5. The van der Waals surface area contributed by atoms with Gasteiger partial charge in [-0.2, -0.15) is 0 Å². The minimum atomic E-state index is -1.20. The molecule has 1 saturated heterocycles. The van der Waals surface area contributed by atoms with Gasteiger partial charge in [-0.05, 0) is 59.5 Å². The fourth-order valence-electron chi connectivity index (χ4n) is 4.10. The fraction of sp³-hybridized carbons (Fsp3) is 0.241. The van der Waals surface area contributed by atoms with E-state index in [2.05, 4.69) is 26.2 Å². The van der Waals surface area contributed by atoms with Gasteiger partial charge in [0.15, 0.2) is 0 Å². The number of benzene rings is 3. The average molecular weight is 500 g/mol. The molecule has 8 nitrogen and oxygen atoms in total. The molecule has 0 spiro atoms. The zero-order valence-electron chi connectivity index (χ0n) is 21.2. The number of carbonyl (C=O) groups excluding carboxylic acids is 4. The Kier molecular flexibility index (Phi) is 7.11. The minimum absolute atomic E-state index is 0.117. The molecular formula is C29H29N3O5. The second-order valence-corrected chi connectivity index (χ2v) is 9.79. The van der Waals surface area contributed by atoms with E-state index in [1.54, 1.807) is 66.7 Å². The lowest BCUT2D eigenvalue weighted by Gasteiger charge is -2.28. The number of ether oxygens (including phenoxy) is 1. The van der Waals surface area contributed by atoms with Crippen LogP contribution in [0.15, 0.2) is 78.9 Å². The van der Waals surface area contributed by atoms with Crippen LogP contribution in [-0.2, 0) is 15.0 Å². The van der Waals surface area contributed by atoms with Crippen LogP contribution >= 0.6 is 0 Å². The van der Waals surface area contributed by atoms with E-state index in [0.717, 1.165) is 15.5 Å². The predicted octanol–water partition coefficient (Wildman–Crippen LogP) is 4.11. The van der Waals surface area contributed by atoms with Crippen molar-refractivity contribution in [2.45, 2.75) is 38.6 Å². The van der Waals surface area contributed by atoms with Crippen molar-refractivity contribution in [3.63, 3.8) is 0 Å². The van der Waals surface area contributed by atoms with Crippen LogP contribution in [0.5, 0.6) is 5.75 Å². The number of imide groups is 1. The van der Waals surface area contributed by atoms with E-state index < -0.39 is 29.7 Å². The number of methoxy groups -OCH3 is 1. The van der Waals surface area contributed by atoms with E-state index in [-0.39, 0.29) is 23.0 Å². The number of carbonyl (C=O) groups is 4. The summed E-state index contributed by atoms with van der Waals surface area (Å²) in [6.07, 6.45) is -0.261. The first-order chi connectivity index (χ1) is 17.6. The van der Waals surface area contributed by atoms with Crippen molar-refractivity contribution < 1.29 is 23.9 Å².